The highest BCUT2D eigenvalue weighted by Gasteiger charge is 2.10. The van der Waals surface area contributed by atoms with Crippen molar-refractivity contribution >= 4 is 11.9 Å². The standard InChI is InChI=1S/C30H50O4/c1-25(2)24-27-20-17-19-26(18-13-9-5-3-7-11-15-22-29(31)32)28(27)21-14-10-6-4-8-12-16-23-30(33)34/h17,19-20,25H,3-16,18,21-24H2,1-2H3,(H,31,32)(H,33,34). The highest BCUT2D eigenvalue weighted by atomic mass is 16.4. The van der Waals surface area contributed by atoms with E-state index in [9.17, 15) is 9.59 Å². The number of hydrogen-bond acceptors (Lipinski definition) is 2. The van der Waals surface area contributed by atoms with E-state index in [2.05, 4.69) is 32.0 Å². The fraction of sp³-hybridized carbons (Fsp3) is 0.733. The number of carboxylic acids is 2. The highest BCUT2D eigenvalue weighted by molar-refractivity contribution is 5.66. The quantitative estimate of drug-likeness (QED) is 0.165. The predicted molar refractivity (Wildman–Crippen MR) is 142 cm³/mol. The van der Waals surface area contributed by atoms with Crippen molar-refractivity contribution < 1.29 is 19.8 Å². The molecule has 34 heavy (non-hydrogen) atoms. The molecular weight excluding hydrogens is 424 g/mol. The maximum absolute atomic E-state index is 10.6. The normalized spacial score (nSPS) is 11.3. The zero-order chi connectivity index (χ0) is 25.0. The lowest BCUT2D eigenvalue weighted by molar-refractivity contribution is -0.138. The number of carbonyl (C=O) groups is 2. The van der Waals surface area contributed by atoms with Gasteiger partial charge in [-0.1, -0.05) is 96.3 Å². The van der Waals surface area contributed by atoms with Crippen molar-refractivity contribution in [1.82, 2.24) is 0 Å². The fourth-order valence-electron chi connectivity index (χ4n) is 4.81. The second-order valence-electron chi connectivity index (χ2n) is 10.4. The smallest absolute Gasteiger partial charge is 0.303 e. The Morgan fingerprint density at radius 1 is 0.618 bits per heavy atom. The molecule has 0 radical (unpaired) electrons. The van der Waals surface area contributed by atoms with E-state index in [-0.39, 0.29) is 0 Å². The van der Waals surface area contributed by atoms with Gasteiger partial charge in [-0.05, 0) is 67.6 Å². The van der Waals surface area contributed by atoms with Gasteiger partial charge in [-0.25, -0.2) is 0 Å². The first-order valence-electron chi connectivity index (χ1n) is 13.9. The van der Waals surface area contributed by atoms with Gasteiger partial charge in [0, 0.05) is 12.8 Å². The molecule has 0 aliphatic carbocycles. The molecule has 0 aliphatic heterocycles. The van der Waals surface area contributed by atoms with E-state index >= 15 is 0 Å². The second kappa shape index (κ2) is 19.5. The van der Waals surface area contributed by atoms with Crippen molar-refractivity contribution in [2.24, 2.45) is 5.92 Å². The molecule has 0 amide bonds. The zero-order valence-corrected chi connectivity index (χ0v) is 22.0. The molecule has 4 nitrogen and oxygen atoms in total. The van der Waals surface area contributed by atoms with Crippen LogP contribution in [0.25, 0.3) is 0 Å². The number of hydrogen-bond donors (Lipinski definition) is 2. The molecule has 0 aliphatic rings. The molecule has 0 heterocycles. The average molecular weight is 475 g/mol. The molecule has 0 atom stereocenters. The van der Waals surface area contributed by atoms with Gasteiger partial charge in [0.05, 0.1) is 0 Å². The van der Waals surface area contributed by atoms with Crippen LogP contribution < -0.4 is 0 Å². The van der Waals surface area contributed by atoms with E-state index < -0.39 is 11.9 Å². The van der Waals surface area contributed by atoms with Crippen LogP contribution in [0.4, 0.5) is 0 Å². The summed E-state index contributed by atoms with van der Waals surface area (Å²) >= 11 is 0. The third kappa shape index (κ3) is 15.9. The first-order chi connectivity index (χ1) is 16.4. The van der Waals surface area contributed by atoms with Gasteiger partial charge in [0.15, 0.2) is 0 Å². The summed E-state index contributed by atoms with van der Waals surface area (Å²) in [5.74, 6) is -0.687. The molecule has 0 unspecified atom stereocenters. The predicted octanol–water partition coefficient (Wildman–Crippen LogP) is 8.38. The summed E-state index contributed by atoms with van der Waals surface area (Å²) in [7, 11) is 0. The lowest BCUT2D eigenvalue weighted by Crippen LogP contribution is -2.04. The minimum absolute atomic E-state index is 0.308. The molecule has 1 aromatic rings. The molecule has 0 fully saturated rings. The molecular formula is C30H50O4. The van der Waals surface area contributed by atoms with Crippen LogP contribution in [0.1, 0.15) is 133 Å². The van der Waals surface area contributed by atoms with Crippen LogP contribution in [0.2, 0.25) is 0 Å². The van der Waals surface area contributed by atoms with Crippen LogP contribution in [-0.4, -0.2) is 22.2 Å². The summed E-state index contributed by atoms with van der Waals surface area (Å²) < 4.78 is 0. The molecule has 0 bridgehead atoms. The highest BCUT2D eigenvalue weighted by Crippen LogP contribution is 2.23. The summed E-state index contributed by atoms with van der Waals surface area (Å²) in [6, 6.07) is 6.92. The number of aliphatic carboxylic acids is 2. The van der Waals surface area contributed by atoms with Gasteiger partial charge in [-0.15, -0.1) is 0 Å². The van der Waals surface area contributed by atoms with Crippen LogP contribution in [0.15, 0.2) is 18.2 Å². The molecule has 2 N–H and O–H groups in total. The van der Waals surface area contributed by atoms with E-state index in [1.54, 1.807) is 16.7 Å². The fourth-order valence-corrected chi connectivity index (χ4v) is 4.81. The van der Waals surface area contributed by atoms with Crippen molar-refractivity contribution in [1.29, 1.82) is 0 Å². The third-order valence-corrected chi connectivity index (χ3v) is 6.65. The Morgan fingerprint density at radius 2 is 1.03 bits per heavy atom. The van der Waals surface area contributed by atoms with E-state index in [0.29, 0.717) is 18.8 Å². The van der Waals surface area contributed by atoms with Gasteiger partial charge in [0.2, 0.25) is 0 Å². The van der Waals surface area contributed by atoms with Gasteiger partial charge in [-0.3, -0.25) is 9.59 Å². The molecule has 4 heteroatoms. The summed E-state index contributed by atoms with van der Waals surface area (Å²) in [5, 5.41) is 17.4. The minimum Gasteiger partial charge on any atom is -0.481 e. The summed E-state index contributed by atoms with van der Waals surface area (Å²) in [4.78, 5) is 21.1. The van der Waals surface area contributed by atoms with Gasteiger partial charge < -0.3 is 10.2 Å². The Kier molecular flexibility index (Phi) is 17.3. The van der Waals surface area contributed by atoms with Crippen molar-refractivity contribution in [2.75, 3.05) is 0 Å². The van der Waals surface area contributed by atoms with Gasteiger partial charge in [0.1, 0.15) is 0 Å². The van der Waals surface area contributed by atoms with Gasteiger partial charge in [0.25, 0.3) is 0 Å². The van der Waals surface area contributed by atoms with Crippen molar-refractivity contribution in [3.05, 3.63) is 34.9 Å². The Labute approximate surface area is 208 Å². The number of unbranched alkanes of at least 4 members (excludes halogenated alkanes) is 12. The molecule has 1 aromatic carbocycles. The monoisotopic (exact) mass is 474 g/mol. The van der Waals surface area contributed by atoms with E-state index in [0.717, 1.165) is 44.9 Å². The van der Waals surface area contributed by atoms with E-state index in [1.165, 1.54) is 64.2 Å². The number of carboxylic acid groups (broad SMARTS) is 2. The lowest BCUT2D eigenvalue weighted by atomic mass is 9.89. The lowest BCUT2D eigenvalue weighted by Gasteiger charge is -2.17. The Balaban J connectivity index is 2.36. The van der Waals surface area contributed by atoms with Crippen LogP contribution in [0.3, 0.4) is 0 Å². The molecule has 0 aromatic heterocycles. The molecule has 0 spiro atoms. The van der Waals surface area contributed by atoms with Gasteiger partial charge in [-0.2, -0.15) is 0 Å². The minimum atomic E-state index is -0.677. The van der Waals surface area contributed by atoms with Crippen molar-refractivity contribution in [3.8, 4) is 0 Å². The maximum atomic E-state index is 10.6. The Morgan fingerprint density at radius 3 is 1.50 bits per heavy atom. The summed E-state index contributed by atoms with van der Waals surface area (Å²) in [6.45, 7) is 4.61. The zero-order valence-electron chi connectivity index (χ0n) is 22.0. The van der Waals surface area contributed by atoms with E-state index in [1.807, 2.05) is 0 Å². The van der Waals surface area contributed by atoms with Crippen LogP contribution >= 0.6 is 0 Å². The summed E-state index contributed by atoms with van der Waals surface area (Å²) in [5.41, 5.74) is 4.69. The topological polar surface area (TPSA) is 74.6 Å². The average Bonchev–Trinajstić information content (AvgIpc) is 2.77. The van der Waals surface area contributed by atoms with Crippen LogP contribution in [-0.2, 0) is 28.9 Å². The molecule has 0 saturated carbocycles. The van der Waals surface area contributed by atoms with Crippen molar-refractivity contribution in [2.45, 2.75) is 136 Å². The third-order valence-electron chi connectivity index (χ3n) is 6.65. The Bertz CT molecular complexity index is 680. The van der Waals surface area contributed by atoms with E-state index in [4.69, 9.17) is 10.2 Å². The molecule has 194 valence electrons. The van der Waals surface area contributed by atoms with Crippen LogP contribution in [0.5, 0.6) is 0 Å². The Hall–Kier alpha value is -1.84. The largest absolute Gasteiger partial charge is 0.481 e. The number of benzene rings is 1. The van der Waals surface area contributed by atoms with Crippen molar-refractivity contribution in [3.63, 3.8) is 0 Å². The summed E-state index contributed by atoms with van der Waals surface area (Å²) in [6.07, 6.45) is 20.1. The molecule has 1 rings (SSSR count). The number of rotatable bonds is 22. The second-order valence-corrected chi connectivity index (χ2v) is 10.4. The van der Waals surface area contributed by atoms with Gasteiger partial charge >= 0.3 is 11.9 Å². The first-order valence-corrected chi connectivity index (χ1v) is 13.9. The molecule has 0 saturated heterocycles. The maximum Gasteiger partial charge on any atom is 0.303 e. The SMILES string of the molecule is CC(C)Cc1cccc(CCCCCCCCCC(=O)O)c1CCCCCCCCCC(=O)O. The number of aryl methyl sites for hydroxylation is 1. The first kappa shape index (κ1) is 30.2. The van der Waals surface area contributed by atoms with Crippen LogP contribution in [0, 0.1) is 5.92 Å².